The maximum atomic E-state index is 13.8. The summed E-state index contributed by atoms with van der Waals surface area (Å²) in [4.78, 5) is 55.5. The molecule has 0 unspecified atom stereocenters. The molecule has 0 aromatic heterocycles. The molecule has 3 aromatic carbocycles. The van der Waals surface area contributed by atoms with Crippen molar-refractivity contribution in [1.82, 2.24) is 0 Å². The second kappa shape index (κ2) is 7.37. The molecule has 2 aliphatic heterocycles. The van der Waals surface area contributed by atoms with Crippen molar-refractivity contribution in [3.05, 3.63) is 100 Å². The topological polar surface area (TPSA) is 80.8 Å². The minimum absolute atomic E-state index is 0.00390. The Kier molecular flexibility index (Phi) is 4.58. The van der Waals surface area contributed by atoms with E-state index in [1.807, 2.05) is 0 Å². The molecule has 2 amide bonds. The van der Waals surface area contributed by atoms with Gasteiger partial charge in [-0.05, 0) is 35.9 Å². The average molecular weight is 494 g/mol. The molecule has 0 N–H and O–H groups in total. The Bertz CT molecular complexity index is 1440. The second-order valence-corrected chi connectivity index (χ2v) is 9.05. The number of carbonyl (C=O) groups excluding carboxylic acids is 4. The number of imide groups is 1. The lowest BCUT2D eigenvalue weighted by molar-refractivity contribution is -0.127. The van der Waals surface area contributed by atoms with Crippen LogP contribution < -0.4 is 4.90 Å². The molecule has 1 aliphatic carbocycles. The Balaban J connectivity index is 1.54. The molecule has 1 spiro atoms. The molecule has 3 atom stereocenters. The Hall–Kier alpha value is -3.75. The molecule has 0 radical (unpaired) electrons. The van der Waals surface area contributed by atoms with Crippen molar-refractivity contribution in [2.75, 3.05) is 4.90 Å². The van der Waals surface area contributed by atoms with Gasteiger partial charge in [0.1, 0.15) is 11.6 Å². The molecule has 2 saturated heterocycles. The molecule has 3 aliphatic rings. The predicted molar refractivity (Wildman–Crippen MR) is 119 cm³/mol. The summed E-state index contributed by atoms with van der Waals surface area (Å²) >= 11 is 5.88. The minimum atomic E-state index is -2.25. The Labute approximate surface area is 202 Å². The number of Topliss-reactive ketones (excluding diaryl/α,β-unsaturated/α-hetero) is 2. The van der Waals surface area contributed by atoms with Gasteiger partial charge in [0.25, 0.3) is 0 Å². The molecule has 9 heteroatoms. The number of halogens is 3. The molecule has 2 fully saturated rings. The Morgan fingerprint density at radius 1 is 0.829 bits per heavy atom. The third-order valence-electron chi connectivity index (χ3n) is 6.88. The lowest BCUT2D eigenvalue weighted by atomic mass is 9.77. The van der Waals surface area contributed by atoms with Gasteiger partial charge in [0.2, 0.25) is 29.0 Å². The van der Waals surface area contributed by atoms with Gasteiger partial charge in [0.05, 0.1) is 28.6 Å². The van der Waals surface area contributed by atoms with Crippen LogP contribution in [0.5, 0.6) is 0 Å². The van der Waals surface area contributed by atoms with Gasteiger partial charge in [-0.25, -0.2) is 13.7 Å². The lowest BCUT2D eigenvalue weighted by Gasteiger charge is -2.27. The fourth-order valence-electron chi connectivity index (χ4n) is 5.35. The van der Waals surface area contributed by atoms with Crippen LogP contribution >= 0.6 is 11.6 Å². The summed E-state index contributed by atoms with van der Waals surface area (Å²) in [5, 5.41) is -0.304. The van der Waals surface area contributed by atoms with E-state index in [1.54, 1.807) is 12.1 Å². The van der Waals surface area contributed by atoms with Gasteiger partial charge in [0, 0.05) is 11.1 Å². The van der Waals surface area contributed by atoms with Gasteiger partial charge in [-0.1, -0.05) is 48.0 Å². The zero-order valence-corrected chi connectivity index (χ0v) is 18.5. The van der Waals surface area contributed by atoms with Crippen molar-refractivity contribution >= 4 is 40.7 Å². The number of ketones is 2. The molecule has 35 heavy (non-hydrogen) atoms. The van der Waals surface area contributed by atoms with Gasteiger partial charge < -0.3 is 4.74 Å². The summed E-state index contributed by atoms with van der Waals surface area (Å²) in [5.74, 6) is -6.98. The van der Waals surface area contributed by atoms with Crippen molar-refractivity contribution in [2.45, 2.75) is 11.7 Å². The van der Waals surface area contributed by atoms with E-state index >= 15 is 0 Å². The van der Waals surface area contributed by atoms with E-state index < -0.39 is 58.6 Å². The van der Waals surface area contributed by atoms with Crippen molar-refractivity contribution in [1.29, 1.82) is 0 Å². The molecule has 0 saturated carbocycles. The van der Waals surface area contributed by atoms with Gasteiger partial charge in [-0.3, -0.25) is 19.2 Å². The lowest BCUT2D eigenvalue weighted by Crippen LogP contribution is -2.51. The maximum absolute atomic E-state index is 13.8. The smallest absolute Gasteiger partial charge is 0.241 e. The summed E-state index contributed by atoms with van der Waals surface area (Å²) in [6.45, 7) is 0. The number of benzene rings is 3. The van der Waals surface area contributed by atoms with E-state index in [1.165, 1.54) is 30.3 Å². The number of hydrogen-bond acceptors (Lipinski definition) is 5. The summed E-state index contributed by atoms with van der Waals surface area (Å²) < 4.78 is 33.5. The van der Waals surface area contributed by atoms with Crippen LogP contribution in [-0.2, 0) is 14.3 Å². The molecule has 174 valence electrons. The number of fused-ring (bicyclic) bond motifs is 3. The zero-order valence-electron chi connectivity index (χ0n) is 17.7. The number of nitrogens with zero attached hydrogens (tertiary/aromatic N) is 1. The fourth-order valence-corrected chi connectivity index (χ4v) is 5.52. The molecular formula is C26H14ClF2NO5. The first kappa shape index (κ1) is 21.8. The van der Waals surface area contributed by atoms with E-state index in [0.717, 1.165) is 29.2 Å². The molecule has 3 aromatic rings. The monoisotopic (exact) mass is 493 g/mol. The van der Waals surface area contributed by atoms with E-state index in [0.29, 0.717) is 5.56 Å². The van der Waals surface area contributed by atoms with Gasteiger partial charge in [0.15, 0.2) is 0 Å². The van der Waals surface area contributed by atoms with Crippen molar-refractivity contribution in [2.24, 2.45) is 11.8 Å². The van der Waals surface area contributed by atoms with Crippen LogP contribution in [-0.4, -0.2) is 29.0 Å². The van der Waals surface area contributed by atoms with Crippen LogP contribution in [0.4, 0.5) is 14.5 Å². The highest BCUT2D eigenvalue weighted by Gasteiger charge is 2.74. The molecule has 6 rings (SSSR count). The van der Waals surface area contributed by atoms with Crippen molar-refractivity contribution < 1.29 is 32.7 Å². The maximum Gasteiger partial charge on any atom is 0.241 e. The molecule has 0 bridgehead atoms. The van der Waals surface area contributed by atoms with Gasteiger partial charge in [-0.15, -0.1) is 0 Å². The summed E-state index contributed by atoms with van der Waals surface area (Å²) in [6, 6.07) is 14.5. The largest absolute Gasteiger partial charge is 0.349 e. The van der Waals surface area contributed by atoms with Crippen molar-refractivity contribution in [3.63, 3.8) is 0 Å². The minimum Gasteiger partial charge on any atom is -0.349 e. The second-order valence-electron chi connectivity index (χ2n) is 8.64. The highest BCUT2D eigenvalue weighted by molar-refractivity contribution is 6.37. The van der Waals surface area contributed by atoms with Gasteiger partial charge in [-0.2, -0.15) is 0 Å². The molecular weight excluding hydrogens is 480 g/mol. The third-order valence-corrected chi connectivity index (χ3v) is 7.17. The first-order valence-electron chi connectivity index (χ1n) is 10.7. The van der Waals surface area contributed by atoms with Gasteiger partial charge >= 0.3 is 0 Å². The standard InChI is InChI=1S/C26H14ClF2NO5/c27-17-11-14(9-10-18(17)29)30-24(33)19-20(25(30)34)26(35-21(19)12-5-7-13(28)8-6-12)22(31)15-3-1-2-4-16(15)23(26)32/h1-11,19-21H/t19-,20+,21+/m1/s1. The van der Waals surface area contributed by atoms with E-state index in [-0.39, 0.29) is 21.8 Å². The zero-order chi connectivity index (χ0) is 24.6. The molecule has 2 heterocycles. The third kappa shape index (κ3) is 2.78. The number of rotatable bonds is 2. The average Bonchev–Trinajstić information content (AvgIpc) is 3.41. The Morgan fingerprint density at radius 3 is 2.06 bits per heavy atom. The number of anilines is 1. The van der Waals surface area contributed by atoms with E-state index in [4.69, 9.17) is 16.3 Å². The summed E-state index contributed by atoms with van der Waals surface area (Å²) in [5.41, 5.74) is -1.73. The van der Waals surface area contributed by atoms with Crippen LogP contribution in [0.2, 0.25) is 5.02 Å². The number of amides is 2. The number of carbonyl (C=O) groups is 4. The van der Waals surface area contributed by atoms with Crippen LogP contribution in [0.15, 0.2) is 66.7 Å². The highest BCUT2D eigenvalue weighted by atomic mass is 35.5. The molecule has 6 nitrogen and oxygen atoms in total. The first-order chi connectivity index (χ1) is 16.8. The first-order valence-corrected chi connectivity index (χ1v) is 11.1. The van der Waals surface area contributed by atoms with Crippen LogP contribution in [0, 0.1) is 23.5 Å². The van der Waals surface area contributed by atoms with Crippen LogP contribution in [0.1, 0.15) is 32.4 Å². The summed E-state index contributed by atoms with van der Waals surface area (Å²) in [7, 11) is 0. The predicted octanol–water partition coefficient (Wildman–Crippen LogP) is 4.31. The van der Waals surface area contributed by atoms with Crippen molar-refractivity contribution in [3.8, 4) is 0 Å². The highest BCUT2D eigenvalue weighted by Crippen LogP contribution is 2.57. The number of ether oxygens (including phenoxy) is 1. The SMILES string of the molecule is O=C1[C@@H]2[C@@H](C(=O)N1c1ccc(F)c(Cl)c1)C1(O[C@H]2c2ccc(F)cc2)C(=O)c2ccccc2C1=O. The van der Waals surface area contributed by atoms with Crippen LogP contribution in [0.3, 0.4) is 0 Å². The van der Waals surface area contributed by atoms with E-state index in [2.05, 4.69) is 0 Å². The number of hydrogen-bond donors (Lipinski definition) is 0. The van der Waals surface area contributed by atoms with E-state index in [9.17, 15) is 28.0 Å². The fraction of sp³-hybridized carbons (Fsp3) is 0.154. The Morgan fingerprint density at radius 2 is 1.46 bits per heavy atom. The normalized spacial score (nSPS) is 24.4. The summed E-state index contributed by atoms with van der Waals surface area (Å²) in [6.07, 6.45) is -1.18. The van der Waals surface area contributed by atoms with Crippen LogP contribution in [0.25, 0.3) is 0 Å². The quantitative estimate of drug-likeness (QED) is 0.392.